The van der Waals surface area contributed by atoms with Gasteiger partial charge in [0.1, 0.15) is 6.04 Å². The lowest BCUT2D eigenvalue weighted by Gasteiger charge is -2.23. The first-order valence-corrected chi connectivity index (χ1v) is 6.62. The summed E-state index contributed by atoms with van der Waals surface area (Å²) in [7, 11) is 0. The highest BCUT2D eigenvalue weighted by molar-refractivity contribution is 7.10. The van der Waals surface area contributed by atoms with Gasteiger partial charge >= 0.3 is 0 Å². The van der Waals surface area contributed by atoms with Gasteiger partial charge in [-0.2, -0.15) is 0 Å². The van der Waals surface area contributed by atoms with Gasteiger partial charge in [-0.25, -0.2) is 0 Å². The van der Waals surface area contributed by atoms with Gasteiger partial charge in [-0.05, 0) is 30.5 Å². The number of aromatic nitrogens is 1. The van der Waals surface area contributed by atoms with E-state index in [1.165, 1.54) is 11.3 Å². The topological polar surface area (TPSA) is 59.2 Å². The maximum Gasteiger partial charge on any atom is 0.249 e. The summed E-state index contributed by atoms with van der Waals surface area (Å²) in [6, 6.07) is 6.80. The van der Waals surface area contributed by atoms with Gasteiger partial charge in [0.15, 0.2) is 0 Å². The Kier molecular flexibility index (Phi) is 4.07. The summed E-state index contributed by atoms with van der Waals surface area (Å²) in [5.41, 5.74) is 6.82. The number of hydrogen-bond donors (Lipinski definition) is 1. The average molecular weight is 261 g/mol. The molecule has 1 unspecified atom stereocenters. The second kappa shape index (κ2) is 5.75. The zero-order valence-corrected chi connectivity index (χ0v) is 10.9. The predicted octanol–water partition coefficient (Wildman–Crippen LogP) is 2.20. The third-order valence-electron chi connectivity index (χ3n) is 2.67. The van der Waals surface area contributed by atoms with Crippen molar-refractivity contribution >= 4 is 22.9 Å². The molecule has 0 saturated carbocycles. The van der Waals surface area contributed by atoms with E-state index in [0.29, 0.717) is 6.54 Å². The predicted molar refractivity (Wildman–Crippen MR) is 73.5 cm³/mol. The summed E-state index contributed by atoms with van der Waals surface area (Å²) in [5, 5.41) is 1.92. The Bertz CT molecular complexity index is 498. The molecule has 0 aromatic carbocycles. The molecule has 4 nitrogen and oxygen atoms in total. The molecule has 2 heterocycles. The highest BCUT2D eigenvalue weighted by atomic mass is 32.1. The quantitative estimate of drug-likeness (QED) is 0.917. The molecule has 2 aromatic heterocycles. The number of pyridine rings is 1. The van der Waals surface area contributed by atoms with E-state index in [2.05, 4.69) is 4.98 Å². The summed E-state index contributed by atoms with van der Waals surface area (Å²) in [6.07, 6.45) is 3.34. The van der Waals surface area contributed by atoms with E-state index in [0.717, 1.165) is 10.6 Å². The minimum Gasteiger partial charge on any atom is -0.316 e. The molecule has 0 saturated heterocycles. The number of anilines is 1. The SMILES string of the molecule is CCN(C(=O)C(N)c1cccs1)c1ccncc1. The molecule has 0 aliphatic carbocycles. The van der Waals surface area contributed by atoms with Crippen molar-refractivity contribution in [2.45, 2.75) is 13.0 Å². The van der Waals surface area contributed by atoms with E-state index in [4.69, 9.17) is 5.73 Å². The minimum atomic E-state index is -0.599. The molecular formula is C13H15N3OS. The first-order chi connectivity index (χ1) is 8.74. The van der Waals surface area contributed by atoms with Crippen molar-refractivity contribution in [2.24, 2.45) is 5.73 Å². The number of nitrogens with zero attached hydrogens (tertiary/aromatic N) is 2. The summed E-state index contributed by atoms with van der Waals surface area (Å²) in [5.74, 6) is -0.0915. The van der Waals surface area contributed by atoms with E-state index >= 15 is 0 Å². The van der Waals surface area contributed by atoms with Gasteiger partial charge < -0.3 is 10.6 Å². The van der Waals surface area contributed by atoms with Crippen LogP contribution in [0, 0.1) is 0 Å². The highest BCUT2D eigenvalue weighted by Crippen LogP contribution is 2.22. The van der Waals surface area contributed by atoms with Crippen molar-refractivity contribution in [1.82, 2.24) is 4.98 Å². The maximum absolute atomic E-state index is 12.4. The van der Waals surface area contributed by atoms with Gasteiger partial charge in [0.05, 0.1) is 0 Å². The molecule has 0 bridgehead atoms. The van der Waals surface area contributed by atoms with Crippen molar-refractivity contribution < 1.29 is 4.79 Å². The normalized spacial score (nSPS) is 12.1. The number of likely N-dealkylation sites (N-methyl/N-ethyl adjacent to an activating group) is 1. The van der Waals surface area contributed by atoms with Crippen molar-refractivity contribution in [2.75, 3.05) is 11.4 Å². The van der Waals surface area contributed by atoms with Crippen LogP contribution >= 0.6 is 11.3 Å². The zero-order valence-electron chi connectivity index (χ0n) is 10.1. The van der Waals surface area contributed by atoms with Crippen LogP contribution in [-0.2, 0) is 4.79 Å². The third-order valence-corrected chi connectivity index (χ3v) is 3.63. The molecule has 5 heteroatoms. The van der Waals surface area contributed by atoms with Crippen LogP contribution in [-0.4, -0.2) is 17.4 Å². The van der Waals surface area contributed by atoms with E-state index in [1.807, 2.05) is 36.6 Å². The van der Waals surface area contributed by atoms with Crippen LogP contribution in [0.5, 0.6) is 0 Å². The molecule has 2 N–H and O–H groups in total. The van der Waals surface area contributed by atoms with Crippen LogP contribution in [0.2, 0.25) is 0 Å². The Morgan fingerprint density at radius 1 is 1.44 bits per heavy atom. The van der Waals surface area contributed by atoms with Crippen molar-refractivity contribution in [1.29, 1.82) is 0 Å². The zero-order chi connectivity index (χ0) is 13.0. The Morgan fingerprint density at radius 2 is 2.17 bits per heavy atom. The van der Waals surface area contributed by atoms with E-state index in [-0.39, 0.29) is 5.91 Å². The molecular weight excluding hydrogens is 246 g/mol. The number of amides is 1. The molecule has 0 radical (unpaired) electrons. The van der Waals surface area contributed by atoms with Crippen LogP contribution in [0.25, 0.3) is 0 Å². The van der Waals surface area contributed by atoms with Crippen molar-refractivity contribution in [3.63, 3.8) is 0 Å². The van der Waals surface area contributed by atoms with E-state index in [9.17, 15) is 4.79 Å². The number of carbonyl (C=O) groups is 1. The summed E-state index contributed by atoms with van der Waals surface area (Å²) >= 11 is 1.50. The van der Waals surface area contributed by atoms with Crippen LogP contribution < -0.4 is 10.6 Å². The molecule has 0 aliphatic heterocycles. The van der Waals surface area contributed by atoms with Gasteiger partial charge in [-0.3, -0.25) is 9.78 Å². The molecule has 18 heavy (non-hydrogen) atoms. The van der Waals surface area contributed by atoms with Gasteiger partial charge in [0.2, 0.25) is 5.91 Å². The lowest BCUT2D eigenvalue weighted by Crippen LogP contribution is -2.38. The number of thiophene rings is 1. The largest absolute Gasteiger partial charge is 0.316 e. The van der Waals surface area contributed by atoms with Crippen LogP contribution in [0.1, 0.15) is 17.8 Å². The molecule has 2 aromatic rings. The van der Waals surface area contributed by atoms with Crippen molar-refractivity contribution in [3.8, 4) is 0 Å². The number of nitrogens with two attached hydrogens (primary N) is 1. The highest BCUT2D eigenvalue weighted by Gasteiger charge is 2.23. The maximum atomic E-state index is 12.4. The van der Waals surface area contributed by atoms with E-state index < -0.39 is 6.04 Å². The monoisotopic (exact) mass is 261 g/mol. The fourth-order valence-electron chi connectivity index (χ4n) is 1.75. The first-order valence-electron chi connectivity index (χ1n) is 5.74. The van der Waals surface area contributed by atoms with Crippen LogP contribution in [0.3, 0.4) is 0 Å². The van der Waals surface area contributed by atoms with Crippen LogP contribution in [0.4, 0.5) is 5.69 Å². The van der Waals surface area contributed by atoms with Gasteiger partial charge in [0.25, 0.3) is 0 Å². The number of hydrogen-bond acceptors (Lipinski definition) is 4. The number of carbonyl (C=O) groups excluding carboxylic acids is 1. The molecule has 2 rings (SSSR count). The van der Waals surface area contributed by atoms with E-state index in [1.54, 1.807) is 17.3 Å². The smallest absolute Gasteiger partial charge is 0.249 e. The second-order valence-corrected chi connectivity index (χ2v) is 4.76. The lowest BCUT2D eigenvalue weighted by atomic mass is 10.2. The fraction of sp³-hybridized carbons (Fsp3) is 0.231. The van der Waals surface area contributed by atoms with Gasteiger partial charge in [-0.15, -0.1) is 11.3 Å². The molecule has 94 valence electrons. The Labute approximate surface area is 110 Å². The molecule has 0 fully saturated rings. The summed E-state index contributed by atoms with van der Waals surface area (Å²) in [6.45, 7) is 2.52. The second-order valence-electron chi connectivity index (χ2n) is 3.78. The Balaban J connectivity index is 2.21. The Hall–Kier alpha value is -1.72. The lowest BCUT2D eigenvalue weighted by molar-refractivity contribution is -0.119. The molecule has 1 atom stereocenters. The van der Waals surface area contributed by atoms with Crippen LogP contribution in [0.15, 0.2) is 42.0 Å². The van der Waals surface area contributed by atoms with Crippen molar-refractivity contribution in [3.05, 3.63) is 46.9 Å². The molecule has 1 amide bonds. The van der Waals surface area contributed by atoms with Gasteiger partial charge in [0, 0.05) is 29.5 Å². The first kappa shape index (κ1) is 12.7. The summed E-state index contributed by atoms with van der Waals surface area (Å²) < 4.78 is 0. The molecule has 0 aliphatic rings. The standard InChI is InChI=1S/C13H15N3OS/c1-2-16(10-5-7-15-8-6-10)13(17)12(14)11-4-3-9-18-11/h3-9,12H,2,14H2,1H3. The Morgan fingerprint density at radius 3 is 2.72 bits per heavy atom. The van der Waals surface area contributed by atoms with Gasteiger partial charge in [-0.1, -0.05) is 6.07 Å². The number of rotatable bonds is 4. The third kappa shape index (κ3) is 2.57. The minimum absolute atomic E-state index is 0.0915. The average Bonchev–Trinajstić information content (AvgIpc) is 2.94. The fourth-order valence-corrected chi connectivity index (χ4v) is 2.47. The summed E-state index contributed by atoms with van der Waals surface area (Å²) in [4.78, 5) is 18.9. The molecule has 0 spiro atoms.